The van der Waals surface area contributed by atoms with Gasteiger partial charge in [0.1, 0.15) is 23.2 Å². The van der Waals surface area contributed by atoms with E-state index in [-0.39, 0.29) is 5.75 Å². The average molecular weight is 380 g/mol. The van der Waals surface area contributed by atoms with E-state index in [1.807, 2.05) is 6.92 Å². The van der Waals surface area contributed by atoms with E-state index in [1.165, 1.54) is 18.2 Å². The molecule has 1 heterocycles. The third kappa shape index (κ3) is 7.30. The average Bonchev–Trinajstić information content (AvgIpc) is 2.58. The van der Waals surface area contributed by atoms with Crippen molar-refractivity contribution in [2.45, 2.75) is 20.5 Å². The van der Waals surface area contributed by atoms with Gasteiger partial charge in [0.25, 0.3) is 0 Å². The van der Waals surface area contributed by atoms with Crippen molar-refractivity contribution in [2.75, 3.05) is 35.6 Å². The largest absolute Gasteiger partial charge is 0.435 e. The van der Waals surface area contributed by atoms with E-state index in [9.17, 15) is 13.6 Å². The molecule has 8 nitrogen and oxygen atoms in total. The topological polar surface area (TPSA) is 100 Å². The zero-order chi connectivity index (χ0) is 19.6. The summed E-state index contributed by atoms with van der Waals surface area (Å²) < 4.78 is 28.7. The Labute approximate surface area is 155 Å². The first-order valence-electron chi connectivity index (χ1n) is 8.39. The number of ether oxygens (including phenoxy) is 1. The molecule has 27 heavy (non-hydrogen) atoms. The number of nitrogens with zero attached hydrogens (tertiary/aromatic N) is 2. The fourth-order valence-corrected chi connectivity index (χ4v) is 2.22. The van der Waals surface area contributed by atoms with Crippen LogP contribution in [-0.4, -0.2) is 42.2 Å². The molecule has 0 atom stereocenters. The molecular formula is C17H22F2N6O2. The molecule has 0 spiro atoms. The number of anilines is 3. The monoisotopic (exact) mass is 380 g/mol. The first kappa shape index (κ1) is 20.1. The van der Waals surface area contributed by atoms with Crippen molar-refractivity contribution in [1.29, 1.82) is 0 Å². The molecule has 1 aromatic heterocycles. The molecule has 0 unspecified atom stereocenters. The number of hydrogen-bond acceptors (Lipinski definition) is 6. The molecule has 10 heteroatoms. The lowest BCUT2D eigenvalue weighted by Gasteiger charge is -2.11. The van der Waals surface area contributed by atoms with Crippen molar-refractivity contribution < 1.29 is 18.3 Å². The van der Waals surface area contributed by atoms with Gasteiger partial charge >= 0.3 is 12.6 Å². The van der Waals surface area contributed by atoms with Crippen molar-refractivity contribution in [3.8, 4) is 5.75 Å². The molecule has 0 saturated heterocycles. The summed E-state index contributed by atoms with van der Waals surface area (Å²) in [6.07, 6.45) is 0. The fourth-order valence-electron chi connectivity index (χ4n) is 2.22. The standard InChI is InChI=1S/C17H22F2N6O2/c1-3-20-14-10-15(24-11(2)23-14)21-7-8-22-17(26)25-12-5-4-6-13(9-12)27-16(18)19/h4-6,9-10,16H,3,7-8H2,1-2H3,(H2,22,25,26)(H2,20,21,23,24). The molecule has 4 N–H and O–H groups in total. The van der Waals surface area contributed by atoms with Crippen LogP contribution in [0.4, 0.5) is 30.9 Å². The Hall–Kier alpha value is -3.17. The number of carbonyl (C=O) groups excluding carboxylic acids is 1. The summed E-state index contributed by atoms with van der Waals surface area (Å²) in [5.74, 6) is 1.98. The first-order chi connectivity index (χ1) is 13.0. The fraction of sp³-hybridized carbons (Fsp3) is 0.353. The van der Waals surface area contributed by atoms with Crippen LogP contribution in [0.5, 0.6) is 5.75 Å². The van der Waals surface area contributed by atoms with Gasteiger partial charge in [-0.25, -0.2) is 14.8 Å². The van der Waals surface area contributed by atoms with Gasteiger partial charge in [-0.05, 0) is 26.0 Å². The summed E-state index contributed by atoms with van der Waals surface area (Å²) in [6.45, 7) is 2.38. The van der Waals surface area contributed by atoms with Crippen molar-refractivity contribution in [2.24, 2.45) is 0 Å². The highest BCUT2D eigenvalue weighted by Gasteiger charge is 2.07. The SMILES string of the molecule is CCNc1cc(NCCNC(=O)Nc2cccc(OC(F)F)c2)nc(C)n1. The second-order valence-electron chi connectivity index (χ2n) is 5.43. The highest BCUT2D eigenvalue weighted by atomic mass is 19.3. The molecule has 1 aromatic carbocycles. The normalized spacial score (nSPS) is 10.4. The second-order valence-corrected chi connectivity index (χ2v) is 5.43. The minimum absolute atomic E-state index is 0.0277. The van der Waals surface area contributed by atoms with Crippen LogP contribution in [0.2, 0.25) is 0 Å². The minimum Gasteiger partial charge on any atom is -0.435 e. The minimum atomic E-state index is -2.92. The zero-order valence-electron chi connectivity index (χ0n) is 15.1. The maximum Gasteiger partial charge on any atom is 0.387 e. The summed E-state index contributed by atoms with van der Waals surface area (Å²) >= 11 is 0. The van der Waals surface area contributed by atoms with Crippen molar-refractivity contribution >= 4 is 23.4 Å². The van der Waals surface area contributed by atoms with Crippen LogP contribution >= 0.6 is 0 Å². The smallest absolute Gasteiger partial charge is 0.387 e. The van der Waals surface area contributed by atoms with Crippen LogP contribution in [-0.2, 0) is 0 Å². The molecule has 0 aliphatic carbocycles. The maximum atomic E-state index is 12.2. The van der Waals surface area contributed by atoms with Crippen LogP contribution < -0.4 is 26.0 Å². The number of rotatable bonds is 9. The number of alkyl halides is 2. The van der Waals surface area contributed by atoms with Crippen LogP contribution in [0, 0.1) is 6.92 Å². The Kier molecular flexibility index (Phi) is 7.53. The summed E-state index contributed by atoms with van der Waals surface area (Å²) in [5, 5.41) is 11.4. The Bertz CT molecular complexity index is 760. The van der Waals surface area contributed by atoms with Gasteiger partial charge in [0.15, 0.2) is 0 Å². The quantitative estimate of drug-likeness (QED) is 0.499. The highest BCUT2D eigenvalue weighted by molar-refractivity contribution is 5.89. The van der Waals surface area contributed by atoms with E-state index in [0.29, 0.717) is 30.4 Å². The van der Waals surface area contributed by atoms with Gasteiger partial charge in [0.2, 0.25) is 0 Å². The molecule has 0 aliphatic heterocycles. The predicted molar refractivity (Wildman–Crippen MR) is 99.5 cm³/mol. The number of hydrogen-bond donors (Lipinski definition) is 4. The third-order valence-electron chi connectivity index (χ3n) is 3.23. The van der Waals surface area contributed by atoms with E-state index in [0.717, 1.165) is 12.4 Å². The van der Waals surface area contributed by atoms with Crippen LogP contribution in [0.1, 0.15) is 12.7 Å². The number of nitrogens with one attached hydrogen (secondary N) is 4. The Morgan fingerprint density at radius 3 is 2.59 bits per heavy atom. The van der Waals surface area contributed by atoms with E-state index in [2.05, 4.69) is 36.0 Å². The van der Waals surface area contributed by atoms with E-state index >= 15 is 0 Å². The van der Waals surface area contributed by atoms with Gasteiger partial charge in [0.05, 0.1) is 0 Å². The lowest BCUT2D eigenvalue weighted by atomic mass is 10.3. The van der Waals surface area contributed by atoms with Crippen molar-refractivity contribution in [1.82, 2.24) is 15.3 Å². The predicted octanol–water partition coefficient (Wildman–Crippen LogP) is 3.05. The molecule has 0 aliphatic rings. The molecule has 2 amide bonds. The summed E-state index contributed by atoms with van der Waals surface area (Å²) in [7, 11) is 0. The van der Waals surface area contributed by atoms with Gasteiger partial charge in [-0.2, -0.15) is 8.78 Å². The molecule has 0 saturated carbocycles. The van der Waals surface area contributed by atoms with E-state index in [4.69, 9.17) is 0 Å². The molecule has 2 aromatic rings. The zero-order valence-corrected chi connectivity index (χ0v) is 15.1. The maximum absolute atomic E-state index is 12.2. The second kappa shape index (κ2) is 10.1. The summed E-state index contributed by atoms with van der Waals surface area (Å²) in [5.41, 5.74) is 0.348. The Morgan fingerprint density at radius 2 is 1.89 bits per heavy atom. The highest BCUT2D eigenvalue weighted by Crippen LogP contribution is 2.19. The molecular weight excluding hydrogens is 358 g/mol. The molecule has 0 bridgehead atoms. The van der Waals surface area contributed by atoms with Gasteiger partial charge in [-0.3, -0.25) is 0 Å². The van der Waals surface area contributed by atoms with E-state index in [1.54, 1.807) is 19.1 Å². The van der Waals surface area contributed by atoms with Gasteiger partial charge in [-0.15, -0.1) is 0 Å². The summed E-state index contributed by atoms with van der Waals surface area (Å²) in [6, 6.07) is 7.10. The lowest BCUT2D eigenvalue weighted by Crippen LogP contribution is -2.32. The Balaban J connectivity index is 1.76. The number of amides is 2. The number of carbonyl (C=O) groups is 1. The van der Waals surface area contributed by atoms with Crippen LogP contribution in [0.15, 0.2) is 30.3 Å². The number of aryl methyl sites for hydroxylation is 1. The molecule has 146 valence electrons. The molecule has 0 fully saturated rings. The number of halogens is 2. The van der Waals surface area contributed by atoms with Crippen molar-refractivity contribution in [3.05, 3.63) is 36.2 Å². The van der Waals surface area contributed by atoms with Crippen molar-refractivity contribution in [3.63, 3.8) is 0 Å². The lowest BCUT2D eigenvalue weighted by molar-refractivity contribution is -0.0497. The number of aromatic nitrogens is 2. The third-order valence-corrected chi connectivity index (χ3v) is 3.23. The Morgan fingerprint density at radius 1 is 1.15 bits per heavy atom. The molecule has 2 rings (SSSR count). The van der Waals surface area contributed by atoms with E-state index < -0.39 is 12.6 Å². The molecule has 0 radical (unpaired) electrons. The number of benzene rings is 1. The van der Waals surface area contributed by atoms with Gasteiger partial charge < -0.3 is 26.0 Å². The summed E-state index contributed by atoms with van der Waals surface area (Å²) in [4.78, 5) is 20.4. The van der Waals surface area contributed by atoms with Gasteiger partial charge in [0, 0.05) is 37.5 Å². The van der Waals surface area contributed by atoms with Crippen LogP contribution in [0.3, 0.4) is 0 Å². The number of urea groups is 1. The first-order valence-corrected chi connectivity index (χ1v) is 8.39. The van der Waals surface area contributed by atoms with Gasteiger partial charge in [-0.1, -0.05) is 6.07 Å². The van der Waals surface area contributed by atoms with Crippen LogP contribution in [0.25, 0.3) is 0 Å².